The summed E-state index contributed by atoms with van der Waals surface area (Å²) in [6.07, 6.45) is 0. The number of rotatable bonds is 3. The fraction of sp³-hybridized carbons (Fsp3) is 0.500. The van der Waals surface area contributed by atoms with Gasteiger partial charge in [0.15, 0.2) is 0 Å². The number of aryl methyl sites for hydroxylation is 2. The number of hydrogen-bond acceptors (Lipinski definition) is 2. The maximum Gasteiger partial charge on any atom is 0.325 e. The number of benzene rings is 1. The minimum absolute atomic E-state index is 0.322. The molecule has 0 atom stereocenters. The van der Waals surface area contributed by atoms with Crippen LogP contribution in [-0.4, -0.2) is 41.1 Å². The van der Waals surface area contributed by atoms with Gasteiger partial charge in [0, 0.05) is 18.3 Å². The first-order valence-corrected chi connectivity index (χ1v) is 6.88. The number of aliphatic carboxylic acids is 1. The highest BCUT2D eigenvalue weighted by molar-refractivity contribution is 5.94. The minimum Gasteiger partial charge on any atom is -0.480 e. The zero-order valence-electron chi connectivity index (χ0n) is 13.6. The van der Waals surface area contributed by atoms with Crippen LogP contribution >= 0.6 is 0 Å². The van der Waals surface area contributed by atoms with Gasteiger partial charge in [-0.1, -0.05) is 17.7 Å². The van der Waals surface area contributed by atoms with Crippen LogP contribution in [0, 0.1) is 13.8 Å². The van der Waals surface area contributed by atoms with Crippen molar-refractivity contribution in [3.8, 4) is 0 Å². The molecule has 0 spiro atoms. The third-order valence-electron chi connectivity index (χ3n) is 3.33. The van der Waals surface area contributed by atoms with Crippen molar-refractivity contribution < 1.29 is 14.7 Å². The van der Waals surface area contributed by atoms with Gasteiger partial charge in [0.25, 0.3) is 0 Å². The molecule has 0 aliphatic carbocycles. The first-order valence-electron chi connectivity index (χ1n) is 6.88. The summed E-state index contributed by atoms with van der Waals surface area (Å²) < 4.78 is 0. The van der Waals surface area contributed by atoms with Crippen molar-refractivity contribution >= 4 is 17.7 Å². The number of amides is 2. The normalized spacial score (nSPS) is 11.1. The van der Waals surface area contributed by atoms with Gasteiger partial charge in [-0.25, -0.2) is 4.79 Å². The summed E-state index contributed by atoms with van der Waals surface area (Å²) in [6.45, 7) is 9.07. The first-order chi connectivity index (χ1) is 9.54. The lowest BCUT2D eigenvalue weighted by Crippen LogP contribution is -2.53. The predicted molar refractivity (Wildman–Crippen MR) is 83.8 cm³/mol. The number of carbonyl (C=O) groups is 2. The number of carboxylic acids is 1. The molecule has 2 amide bonds. The highest BCUT2D eigenvalue weighted by Gasteiger charge is 2.31. The summed E-state index contributed by atoms with van der Waals surface area (Å²) in [6, 6.07) is 5.49. The Morgan fingerprint density at radius 2 is 1.76 bits per heavy atom. The lowest BCUT2D eigenvalue weighted by atomic mass is 10.1. The highest BCUT2D eigenvalue weighted by atomic mass is 16.4. The topological polar surface area (TPSA) is 60.9 Å². The SMILES string of the molecule is Cc1ccc(N(C)C(=O)N(CC(=O)O)C(C)(C)C)c(C)c1. The van der Waals surface area contributed by atoms with Crippen LogP contribution in [0.5, 0.6) is 0 Å². The number of nitrogens with zero attached hydrogens (tertiary/aromatic N) is 2. The van der Waals surface area contributed by atoms with E-state index < -0.39 is 11.5 Å². The van der Waals surface area contributed by atoms with Crippen molar-refractivity contribution in [1.29, 1.82) is 0 Å². The third-order valence-corrected chi connectivity index (χ3v) is 3.33. The van der Waals surface area contributed by atoms with Gasteiger partial charge in [0.1, 0.15) is 6.54 Å². The Hall–Kier alpha value is -2.04. The van der Waals surface area contributed by atoms with Gasteiger partial charge in [-0.3, -0.25) is 9.69 Å². The standard InChI is InChI=1S/C16H24N2O3/c1-11-7-8-13(12(2)9-11)17(6)15(21)18(10-14(19)20)16(3,4)5/h7-9H,10H2,1-6H3,(H,19,20). The van der Waals surface area contributed by atoms with Crippen LogP contribution in [0.4, 0.5) is 10.5 Å². The quantitative estimate of drug-likeness (QED) is 0.931. The Morgan fingerprint density at radius 1 is 1.19 bits per heavy atom. The molecule has 0 fully saturated rings. The second-order valence-electron chi connectivity index (χ2n) is 6.28. The fourth-order valence-electron chi connectivity index (χ4n) is 2.19. The Bertz CT molecular complexity index is 547. The molecule has 21 heavy (non-hydrogen) atoms. The van der Waals surface area contributed by atoms with Gasteiger partial charge in [-0.15, -0.1) is 0 Å². The van der Waals surface area contributed by atoms with E-state index >= 15 is 0 Å². The largest absolute Gasteiger partial charge is 0.480 e. The summed E-state index contributed by atoms with van der Waals surface area (Å²) in [4.78, 5) is 26.5. The second kappa shape index (κ2) is 6.16. The smallest absolute Gasteiger partial charge is 0.325 e. The van der Waals surface area contributed by atoms with Gasteiger partial charge in [0.05, 0.1) is 0 Å². The lowest BCUT2D eigenvalue weighted by Gasteiger charge is -2.37. The molecule has 1 N–H and O–H groups in total. The van der Waals surface area contributed by atoms with Gasteiger partial charge in [-0.05, 0) is 46.2 Å². The van der Waals surface area contributed by atoms with Crippen molar-refractivity contribution in [3.05, 3.63) is 29.3 Å². The number of urea groups is 1. The molecule has 1 aromatic rings. The van der Waals surface area contributed by atoms with E-state index in [9.17, 15) is 9.59 Å². The average molecular weight is 292 g/mol. The molecule has 5 nitrogen and oxygen atoms in total. The maximum atomic E-state index is 12.7. The van der Waals surface area contributed by atoms with Crippen LogP contribution < -0.4 is 4.90 Å². The van der Waals surface area contributed by atoms with E-state index in [2.05, 4.69) is 0 Å². The third kappa shape index (κ3) is 4.21. The highest BCUT2D eigenvalue weighted by Crippen LogP contribution is 2.23. The zero-order valence-corrected chi connectivity index (χ0v) is 13.6. The van der Waals surface area contributed by atoms with Crippen LogP contribution in [0.15, 0.2) is 18.2 Å². The molecule has 0 aliphatic rings. The molecule has 1 rings (SSSR count). The Labute approximate surface area is 126 Å². The Balaban J connectivity index is 3.10. The van der Waals surface area contributed by atoms with E-state index in [-0.39, 0.29) is 12.6 Å². The van der Waals surface area contributed by atoms with Gasteiger partial charge >= 0.3 is 12.0 Å². The van der Waals surface area contributed by atoms with Gasteiger partial charge < -0.3 is 10.0 Å². The van der Waals surface area contributed by atoms with E-state index in [0.29, 0.717) is 0 Å². The van der Waals surface area contributed by atoms with Crippen LogP contribution in [-0.2, 0) is 4.79 Å². The molecule has 0 bridgehead atoms. The molecule has 0 aliphatic heterocycles. The Kier molecular flexibility index (Phi) is 4.99. The van der Waals surface area contributed by atoms with E-state index in [1.54, 1.807) is 7.05 Å². The van der Waals surface area contributed by atoms with Crippen molar-refractivity contribution in [2.45, 2.75) is 40.2 Å². The second-order valence-corrected chi connectivity index (χ2v) is 6.28. The minimum atomic E-state index is -1.02. The number of carboxylic acid groups (broad SMARTS) is 1. The van der Waals surface area contributed by atoms with Crippen LogP contribution in [0.3, 0.4) is 0 Å². The van der Waals surface area contributed by atoms with Gasteiger partial charge in [-0.2, -0.15) is 0 Å². The zero-order chi connectivity index (χ0) is 16.4. The van der Waals surface area contributed by atoms with Crippen molar-refractivity contribution in [2.75, 3.05) is 18.5 Å². The van der Waals surface area contributed by atoms with Gasteiger partial charge in [0.2, 0.25) is 0 Å². The first kappa shape index (κ1) is 17.0. The number of hydrogen-bond donors (Lipinski definition) is 1. The molecule has 116 valence electrons. The molecular formula is C16H24N2O3. The molecule has 0 saturated carbocycles. The summed E-state index contributed by atoms with van der Waals surface area (Å²) >= 11 is 0. The summed E-state index contributed by atoms with van der Waals surface area (Å²) in [5.41, 5.74) is 2.32. The molecular weight excluding hydrogens is 268 g/mol. The Morgan fingerprint density at radius 3 is 2.19 bits per heavy atom. The molecule has 0 saturated heterocycles. The molecule has 0 heterocycles. The molecule has 0 radical (unpaired) electrons. The van der Waals surface area contributed by atoms with Crippen LogP contribution in [0.2, 0.25) is 0 Å². The maximum absolute atomic E-state index is 12.7. The lowest BCUT2D eigenvalue weighted by molar-refractivity contribution is -0.138. The van der Waals surface area contributed by atoms with Crippen molar-refractivity contribution in [2.24, 2.45) is 0 Å². The molecule has 0 unspecified atom stereocenters. The van der Waals surface area contributed by atoms with Crippen molar-refractivity contribution in [1.82, 2.24) is 4.90 Å². The van der Waals surface area contributed by atoms with Crippen molar-refractivity contribution in [3.63, 3.8) is 0 Å². The van der Waals surface area contributed by atoms with E-state index in [4.69, 9.17) is 5.11 Å². The van der Waals surface area contributed by atoms with Crippen LogP contribution in [0.1, 0.15) is 31.9 Å². The van der Waals surface area contributed by atoms with E-state index in [0.717, 1.165) is 16.8 Å². The number of anilines is 1. The number of carbonyl (C=O) groups excluding carboxylic acids is 1. The molecule has 5 heteroatoms. The molecule has 0 aromatic heterocycles. The van der Waals surface area contributed by atoms with E-state index in [1.165, 1.54) is 9.80 Å². The summed E-state index contributed by atoms with van der Waals surface area (Å²) in [5, 5.41) is 9.03. The fourth-order valence-corrected chi connectivity index (χ4v) is 2.19. The monoisotopic (exact) mass is 292 g/mol. The average Bonchev–Trinajstić information content (AvgIpc) is 2.33. The van der Waals surface area contributed by atoms with E-state index in [1.807, 2.05) is 52.8 Å². The summed E-state index contributed by atoms with van der Waals surface area (Å²) in [5.74, 6) is -1.02. The summed E-state index contributed by atoms with van der Waals surface area (Å²) in [7, 11) is 1.67. The van der Waals surface area contributed by atoms with Crippen LogP contribution in [0.25, 0.3) is 0 Å². The molecule has 1 aromatic carbocycles. The predicted octanol–water partition coefficient (Wildman–Crippen LogP) is 3.04.